The van der Waals surface area contributed by atoms with Crippen molar-refractivity contribution in [1.82, 2.24) is 0 Å². The summed E-state index contributed by atoms with van der Waals surface area (Å²) in [5, 5.41) is 0. The molecule has 0 atom stereocenters. The van der Waals surface area contributed by atoms with Crippen molar-refractivity contribution in [3.63, 3.8) is 0 Å². The lowest BCUT2D eigenvalue weighted by Crippen LogP contribution is -2.10. The van der Waals surface area contributed by atoms with Gasteiger partial charge in [-0.1, -0.05) is 65.0 Å². The van der Waals surface area contributed by atoms with E-state index in [0.717, 1.165) is 64.2 Å². The molecular weight excluding hydrogens is 368 g/mol. The van der Waals surface area contributed by atoms with Gasteiger partial charge in [0.15, 0.2) is 0 Å². The topological polar surface area (TPSA) is 68.3 Å². The van der Waals surface area contributed by atoms with Gasteiger partial charge >= 0.3 is 0 Å². The van der Waals surface area contributed by atoms with Crippen LogP contribution in [-0.4, -0.2) is 39.8 Å². The maximum atomic E-state index is 11.4. The molecule has 0 bridgehead atoms. The maximum absolute atomic E-state index is 11.4. The molecule has 0 aliphatic rings. The van der Waals surface area contributed by atoms with Crippen LogP contribution in [0.2, 0.25) is 0 Å². The van der Waals surface area contributed by atoms with Gasteiger partial charge < -0.3 is 0 Å². The molecule has 0 aromatic rings. The Balaban J connectivity index is 0. The van der Waals surface area contributed by atoms with Gasteiger partial charge in [0.05, 0.1) is 23.0 Å². The van der Waals surface area contributed by atoms with Crippen LogP contribution in [0.1, 0.15) is 91.9 Å². The second-order valence-electron chi connectivity index (χ2n) is 6.78. The fourth-order valence-electron chi connectivity index (χ4n) is 2.27. The molecule has 6 heteroatoms. The molecule has 158 valence electrons. The first-order chi connectivity index (χ1) is 12.2. The summed E-state index contributed by atoms with van der Waals surface area (Å²) in [6.45, 7) is 8.11. The molecule has 0 fully saturated rings. The molecule has 0 radical (unpaired) electrons. The summed E-state index contributed by atoms with van der Waals surface area (Å²) in [5.74, 6) is 1.49. The predicted molar refractivity (Wildman–Crippen MR) is 115 cm³/mol. The Hall–Kier alpha value is -0.360. The minimum absolute atomic E-state index is 0.345. The van der Waals surface area contributed by atoms with Crippen LogP contribution in [0.15, 0.2) is 12.2 Å². The van der Waals surface area contributed by atoms with Crippen LogP contribution < -0.4 is 0 Å². The molecule has 0 N–H and O–H groups in total. The number of hydrogen-bond acceptors (Lipinski definition) is 4. The third kappa shape index (κ3) is 21.7. The first-order valence-corrected chi connectivity index (χ1v) is 13.9. The van der Waals surface area contributed by atoms with Crippen molar-refractivity contribution in [1.29, 1.82) is 0 Å². The Bertz CT molecular complexity index is 520. The second kappa shape index (κ2) is 18.0. The first kappa shape index (κ1) is 27.9. The Morgan fingerprint density at radius 3 is 1.42 bits per heavy atom. The summed E-state index contributed by atoms with van der Waals surface area (Å²) in [6, 6.07) is 0. The van der Waals surface area contributed by atoms with Crippen molar-refractivity contribution in [3.8, 4) is 0 Å². The van der Waals surface area contributed by atoms with Gasteiger partial charge in [0.1, 0.15) is 19.7 Å². The monoisotopic (exact) mass is 410 g/mol. The largest absolute Gasteiger partial charge is 0.229 e. The van der Waals surface area contributed by atoms with Crippen LogP contribution in [0.25, 0.3) is 0 Å². The average Bonchev–Trinajstić information content (AvgIpc) is 2.60. The van der Waals surface area contributed by atoms with E-state index in [1.54, 1.807) is 0 Å². The van der Waals surface area contributed by atoms with Crippen molar-refractivity contribution in [3.05, 3.63) is 12.2 Å². The molecule has 0 aliphatic heterocycles. The van der Waals surface area contributed by atoms with Crippen LogP contribution in [0.5, 0.6) is 0 Å². The summed E-state index contributed by atoms with van der Waals surface area (Å²) in [6.07, 6.45) is 13.4. The highest BCUT2D eigenvalue weighted by atomic mass is 32.2. The van der Waals surface area contributed by atoms with E-state index in [9.17, 15) is 16.8 Å². The van der Waals surface area contributed by atoms with Crippen molar-refractivity contribution < 1.29 is 16.8 Å². The van der Waals surface area contributed by atoms with Gasteiger partial charge in [-0.15, -0.1) is 0 Å². The molecular formula is C20H42O4S2. The minimum atomic E-state index is -2.76. The lowest BCUT2D eigenvalue weighted by Gasteiger charge is -2.02. The third-order valence-electron chi connectivity index (χ3n) is 3.99. The zero-order chi connectivity index (χ0) is 20.3. The van der Waals surface area contributed by atoms with E-state index in [1.807, 2.05) is 32.9 Å². The zero-order valence-electron chi connectivity index (χ0n) is 17.5. The third-order valence-corrected chi connectivity index (χ3v) is 7.63. The average molecular weight is 411 g/mol. The molecule has 0 spiro atoms. The minimum Gasteiger partial charge on any atom is -0.229 e. The predicted octanol–water partition coefficient (Wildman–Crippen LogP) is 5.34. The summed E-state index contributed by atoms with van der Waals surface area (Å²) < 4.78 is 45.4. The summed E-state index contributed by atoms with van der Waals surface area (Å²) in [5.41, 5.74) is 0. The van der Waals surface area contributed by atoms with E-state index in [2.05, 4.69) is 6.92 Å². The van der Waals surface area contributed by atoms with Crippen LogP contribution in [-0.2, 0) is 19.7 Å². The molecule has 0 heterocycles. The molecule has 0 unspecified atom stereocenters. The second-order valence-corrected chi connectivity index (χ2v) is 11.4. The molecule has 0 aromatic heterocycles. The van der Waals surface area contributed by atoms with Gasteiger partial charge in [0, 0.05) is 0 Å². The fourth-order valence-corrected chi connectivity index (χ4v) is 5.38. The lowest BCUT2D eigenvalue weighted by atomic mass is 10.2. The van der Waals surface area contributed by atoms with E-state index < -0.39 is 19.7 Å². The molecule has 26 heavy (non-hydrogen) atoms. The SMILES string of the molecule is C/C=C/CCCS(=O)(=O)CCCC.CCCCCCS(=O)(=O)CCCC. The highest BCUT2D eigenvalue weighted by Crippen LogP contribution is 2.04. The van der Waals surface area contributed by atoms with Gasteiger partial charge in [-0.05, 0) is 39.0 Å². The Kier molecular flexibility index (Phi) is 19.3. The highest BCUT2D eigenvalue weighted by Gasteiger charge is 2.09. The Morgan fingerprint density at radius 1 is 0.577 bits per heavy atom. The highest BCUT2D eigenvalue weighted by molar-refractivity contribution is 7.91. The number of hydrogen-bond donors (Lipinski definition) is 0. The van der Waals surface area contributed by atoms with Crippen molar-refractivity contribution in [2.45, 2.75) is 91.9 Å². The summed E-state index contributed by atoms with van der Waals surface area (Å²) >= 11 is 0. The number of unbranched alkanes of at least 4 members (excludes halogenated alkanes) is 6. The molecule has 0 saturated heterocycles. The maximum Gasteiger partial charge on any atom is 0.150 e. The molecule has 0 saturated carbocycles. The molecule has 0 aromatic carbocycles. The number of sulfone groups is 2. The van der Waals surface area contributed by atoms with Crippen molar-refractivity contribution in [2.24, 2.45) is 0 Å². The van der Waals surface area contributed by atoms with Gasteiger partial charge in [-0.25, -0.2) is 16.8 Å². The van der Waals surface area contributed by atoms with E-state index >= 15 is 0 Å². The van der Waals surface area contributed by atoms with Crippen molar-refractivity contribution >= 4 is 19.7 Å². The van der Waals surface area contributed by atoms with Crippen LogP contribution in [0, 0.1) is 0 Å². The van der Waals surface area contributed by atoms with E-state index in [-0.39, 0.29) is 0 Å². The zero-order valence-corrected chi connectivity index (χ0v) is 19.1. The summed E-state index contributed by atoms with van der Waals surface area (Å²) in [7, 11) is -5.48. The molecule has 4 nitrogen and oxygen atoms in total. The first-order valence-electron chi connectivity index (χ1n) is 10.3. The number of rotatable bonds is 15. The summed E-state index contributed by atoms with van der Waals surface area (Å²) in [4.78, 5) is 0. The Labute approximate surface area is 163 Å². The van der Waals surface area contributed by atoms with E-state index in [1.165, 1.54) is 0 Å². The molecule has 0 amide bonds. The molecule has 0 aliphatic carbocycles. The van der Waals surface area contributed by atoms with Crippen molar-refractivity contribution in [2.75, 3.05) is 23.0 Å². The van der Waals surface area contributed by atoms with Crippen LogP contribution in [0.4, 0.5) is 0 Å². The normalized spacial score (nSPS) is 12.2. The standard InChI is InChI=1S/C10H22O2S.C10H20O2S/c2*1-3-5-7-8-10-13(11,12)9-6-4-2/h3-10H2,1-2H3;3,5H,4,6-10H2,1-2H3/b;5-3+. The van der Waals surface area contributed by atoms with Gasteiger partial charge in [-0.3, -0.25) is 0 Å². The van der Waals surface area contributed by atoms with E-state index in [0.29, 0.717) is 23.0 Å². The van der Waals surface area contributed by atoms with Gasteiger partial charge in [0.2, 0.25) is 0 Å². The molecule has 0 rings (SSSR count). The lowest BCUT2D eigenvalue weighted by molar-refractivity contribution is 0.585. The smallest absolute Gasteiger partial charge is 0.150 e. The fraction of sp³-hybridized carbons (Fsp3) is 0.900. The number of allylic oxidation sites excluding steroid dienone is 2. The quantitative estimate of drug-likeness (QED) is 0.270. The Morgan fingerprint density at radius 2 is 1.00 bits per heavy atom. The van der Waals surface area contributed by atoms with Crippen LogP contribution >= 0.6 is 0 Å². The van der Waals surface area contributed by atoms with E-state index in [4.69, 9.17) is 0 Å². The van der Waals surface area contributed by atoms with Gasteiger partial charge in [0.25, 0.3) is 0 Å². The van der Waals surface area contributed by atoms with Crippen LogP contribution in [0.3, 0.4) is 0 Å². The van der Waals surface area contributed by atoms with Gasteiger partial charge in [-0.2, -0.15) is 0 Å².